The third kappa shape index (κ3) is 4.37. The highest BCUT2D eigenvalue weighted by atomic mass is 19.1. The minimum Gasteiger partial charge on any atom is -0.308 e. The van der Waals surface area contributed by atoms with Crippen molar-refractivity contribution in [2.75, 3.05) is 10.6 Å². The monoisotopic (exact) mass is 421 g/mol. The standard InChI is InChI=1S/C23H21F2N5O/c1-23(2,3)20-11-16(17-12-26-30-21(17)29-20)13-4-7-15(8-5-13)27-22(31)28-19-10-14(24)6-9-18(19)25/h4-12H,1-3H3,(H,26,29,30)(H2,27,28,31). The van der Waals surface area contributed by atoms with Crippen molar-refractivity contribution in [3.63, 3.8) is 0 Å². The van der Waals surface area contributed by atoms with Crippen molar-refractivity contribution < 1.29 is 13.6 Å². The molecule has 0 aliphatic rings. The van der Waals surface area contributed by atoms with E-state index < -0.39 is 17.7 Å². The highest BCUT2D eigenvalue weighted by Crippen LogP contribution is 2.32. The number of nitrogens with one attached hydrogen (secondary N) is 3. The molecular weight excluding hydrogens is 400 g/mol. The summed E-state index contributed by atoms with van der Waals surface area (Å²) in [6.45, 7) is 6.27. The van der Waals surface area contributed by atoms with Crippen LogP contribution in [0.4, 0.5) is 25.0 Å². The number of fused-ring (bicyclic) bond motifs is 1. The highest BCUT2D eigenvalue weighted by Gasteiger charge is 2.19. The van der Waals surface area contributed by atoms with Crippen LogP contribution in [0.1, 0.15) is 26.5 Å². The van der Waals surface area contributed by atoms with Gasteiger partial charge in [-0.25, -0.2) is 18.6 Å². The number of H-pyrrole nitrogens is 1. The topological polar surface area (TPSA) is 82.7 Å². The predicted octanol–water partition coefficient (Wildman–Crippen LogP) is 5.84. The summed E-state index contributed by atoms with van der Waals surface area (Å²) >= 11 is 0. The second kappa shape index (κ2) is 7.79. The van der Waals surface area contributed by atoms with Crippen LogP contribution in [0.3, 0.4) is 0 Å². The zero-order valence-electron chi connectivity index (χ0n) is 17.3. The van der Waals surface area contributed by atoms with Gasteiger partial charge < -0.3 is 10.6 Å². The van der Waals surface area contributed by atoms with E-state index in [-0.39, 0.29) is 11.1 Å². The summed E-state index contributed by atoms with van der Waals surface area (Å²) < 4.78 is 27.0. The van der Waals surface area contributed by atoms with E-state index in [1.165, 1.54) is 0 Å². The average molecular weight is 421 g/mol. The lowest BCUT2D eigenvalue weighted by Crippen LogP contribution is -2.20. The van der Waals surface area contributed by atoms with E-state index in [2.05, 4.69) is 46.6 Å². The molecule has 0 unspecified atom stereocenters. The number of urea groups is 1. The third-order valence-electron chi connectivity index (χ3n) is 4.82. The fourth-order valence-electron chi connectivity index (χ4n) is 3.16. The second-order valence-corrected chi connectivity index (χ2v) is 8.22. The Hall–Kier alpha value is -3.81. The van der Waals surface area contributed by atoms with Crippen molar-refractivity contribution in [2.45, 2.75) is 26.2 Å². The molecule has 0 saturated carbocycles. The first-order chi connectivity index (χ1) is 14.7. The van der Waals surface area contributed by atoms with Gasteiger partial charge in [0.15, 0.2) is 5.65 Å². The van der Waals surface area contributed by atoms with E-state index in [0.717, 1.165) is 40.4 Å². The van der Waals surface area contributed by atoms with E-state index in [9.17, 15) is 13.6 Å². The van der Waals surface area contributed by atoms with Gasteiger partial charge in [-0.1, -0.05) is 32.9 Å². The van der Waals surface area contributed by atoms with Crippen LogP contribution in [0.15, 0.2) is 54.7 Å². The fraction of sp³-hybridized carbons (Fsp3) is 0.174. The first kappa shape index (κ1) is 20.5. The number of carbonyl (C=O) groups excluding carboxylic acids is 1. The molecule has 4 aromatic rings. The quantitative estimate of drug-likeness (QED) is 0.388. The van der Waals surface area contributed by atoms with Crippen LogP contribution in [0, 0.1) is 11.6 Å². The zero-order valence-corrected chi connectivity index (χ0v) is 17.3. The lowest BCUT2D eigenvalue weighted by molar-refractivity contribution is 0.262. The number of halogens is 2. The minimum absolute atomic E-state index is 0.139. The van der Waals surface area contributed by atoms with E-state index in [1.807, 2.05) is 18.2 Å². The van der Waals surface area contributed by atoms with Crippen LogP contribution < -0.4 is 10.6 Å². The van der Waals surface area contributed by atoms with Crippen molar-refractivity contribution in [1.82, 2.24) is 15.2 Å². The summed E-state index contributed by atoms with van der Waals surface area (Å²) in [6, 6.07) is 11.4. The molecule has 2 heterocycles. The average Bonchev–Trinajstić information content (AvgIpc) is 3.19. The number of nitrogens with zero attached hydrogens (tertiary/aromatic N) is 2. The molecule has 0 aliphatic heterocycles. The molecule has 31 heavy (non-hydrogen) atoms. The lowest BCUT2D eigenvalue weighted by Gasteiger charge is -2.19. The highest BCUT2D eigenvalue weighted by molar-refractivity contribution is 6.00. The summed E-state index contributed by atoms with van der Waals surface area (Å²) in [6.07, 6.45) is 1.73. The molecule has 158 valence electrons. The van der Waals surface area contributed by atoms with E-state index >= 15 is 0 Å². The van der Waals surface area contributed by atoms with Gasteiger partial charge in [0.05, 0.1) is 11.9 Å². The molecule has 8 heteroatoms. The number of hydrogen-bond acceptors (Lipinski definition) is 3. The van der Waals surface area contributed by atoms with Gasteiger partial charge in [0.25, 0.3) is 0 Å². The van der Waals surface area contributed by atoms with Crippen LogP contribution in [0.25, 0.3) is 22.2 Å². The molecule has 0 bridgehead atoms. The van der Waals surface area contributed by atoms with Gasteiger partial charge in [0, 0.05) is 28.2 Å². The van der Waals surface area contributed by atoms with Crippen molar-refractivity contribution in [2.24, 2.45) is 0 Å². The fourth-order valence-corrected chi connectivity index (χ4v) is 3.16. The summed E-state index contributed by atoms with van der Waals surface area (Å²) in [5, 5.41) is 12.9. The van der Waals surface area contributed by atoms with Gasteiger partial charge in [-0.3, -0.25) is 5.10 Å². The number of rotatable bonds is 3. The van der Waals surface area contributed by atoms with Crippen molar-refractivity contribution in [1.29, 1.82) is 0 Å². The molecule has 0 spiro atoms. The SMILES string of the molecule is CC(C)(C)c1cc(-c2ccc(NC(=O)Nc3cc(F)ccc3F)cc2)c2cn[nH]c2n1. The van der Waals surface area contributed by atoms with Crippen LogP contribution >= 0.6 is 0 Å². The number of aromatic nitrogens is 3. The molecule has 6 nitrogen and oxygen atoms in total. The van der Waals surface area contributed by atoms with Crippen molar-refractivity contribution >= 4 is 28.4 Å². The van der Waals surface area contributed by atoms with Crippen molar-refractivity contribution in [3.8, 4) is 11.1 Å². The molecule has 2 aromatic heterocycles. The number of anilines is 2. The van der Waals surface area contributed by atoms with Gasteiger partial charge in [-0.15, -0.1) is 0 Å². The number of amides is 2. The van der Waals surface area contributed by atoms with Gasteiger partial charge in [-0.2, -0.15) is 5.10 Å². The predicted molar refractivity (Wildman–Crippen MR) is 117 cm³/mol. The maximum Gasteiger partial charge on any atom is 0.323 e. The van der Waals surface area contributed by atoms with Gasteiger partial charge in [-0.05, 0) is 41.5 Å². The van der Waals surface area contributed by atoms with E-state index in [0.29, 0.717) is 11.3 Å². The van der Waals surface area contributed by atoms with Crippen molar-refractivity contribution in [3.05, 3.63) is 72.1 Å². The van der Waals surface area contributed by atoms with Gasteiger partial charge >= 0.3 is 6.03 Å². The molecule has 0 fully saturated rings. The largest absolute Gasteiger partial charge is 0.323 e. The Kier molecular flexibility index (Phi) is 5.14. The number of hydrogen-bond donors (Lipinski definition) is 3. The van der Waals surface area contributed by atoms with Crippen LogP contribution in [-0.2, 0) is 5.41 Å². The Morgan fingerprint density at radius 2 is 1.74 bits per heavy atom. The van der Waals surface area contributed by atoms with Gasteiger partial charge in [0.2, 0.25) is 0 Å². The third-order valence-corrected chi connectivity index (χ3v) is 4.82. The number of pyridine rings is 1. The first-order valence-electron chi connectivity index (χ1n) is 9.69. The smallest absolute Gasteiger partial charge is 0.308 e. The van der Waals surface area contributed by atoms with Crippen LogP contribution in [-0.4, -0.2) is 21.2 Å². The van der Waals surface area contributed by atoms with E-state index in [4.69, 9.17) is 0 Å². The molecule has 2 aromatic carbocycles. The maximum atomic E-state index is 13.7. The lowest BCUT2D eigenvalue weighted by atomic mass is 9.89. The Morgan fingerprint density at radius 1 is 1.00 bits per heavy atom. The molecule has 2 amide bonds. The second-order valence-electron chi connectivity index (χ2n) is 8.22. The summed E-state index contributed by atoms with van der Waals surface area (Å²) in [5.41, 5.74) is 3.68. The Morgan fingerprint density at radius 3 is 2.45 bits per heavy atom. The zero-order chi connectivity index (χ0) is 22.2. The van der Waals surface area contributed by atoms with Crippen LogP contribution in [0.5, 0.6) is 0 Å². The summed E-state index contributed by atoms with van der Waals surface area (Å²) in [4.78, 5) is 16.8. The number of benzene rings is 2. The summed E-state index contributed by atoms with van der Waals surface area (Å²) in [5.74, 6) is -1.36. The molecule has 0 saturated heterocycles. The first-order valence-corrected chi connectivity index (χ1v) is 9.69. The Bertz CT molecular complexity index is 1260. The molecular formula is C23H21F2N5O. The maximum absolute atomic E-state index is 13.7. The minimum atomic E-state index is -0.719. The molecule has 0 radical (unpaired) electrons. The molecule has 0 atom stereocenters. The summed E-state index contributed by atoms with van der Waals surface area (Å²) in [7, 11) is 0. The Balaban J connectivity index is 1.57. The number of aromatic amines is 1. The van der Waals surface area contributed by atoms with Gasteiger partial charge in [0.1, 0.15) is 11.6 Å². The molecule has 4 rings (SSSR count). The molecule has 3 N–H and O–H groups in total. The normalized spacial score (nSPS) is 11.5. The number of carbonyl (C=O) groups is 1. The van der Waals surface area contributed by atoms with E-state index in [1.54, 1.807) is 18.3 Å². The Labute approximate surface area is 177 Å². The van der Waals surface area contributed by atoms with Crippen LogP contribution in [0.2, 0.25) is 0 Å². The molecule has 0 aliphatic carbocycles.